The van der Waals surface area contributed by atoms with Crippen molar-refractivity contribution in [1.29, 1.82) is 5.26 Å². The normalized spacial score (nSPS) is 11.0. The molecule has 11 nitrogen and oxygen atoms in total. The van der Waals surface area contributed by atoms with Gasteiger partial charge in [-0.1, -0.05) is 37.3 Å². The molecule has 0 fully saturated rings. The number of amides is 1. The Kier molecular flexibility index (Phi) is 8.64. The number of nitriles is 1. The molecule has 0 spiro atoms. The zero-order valence-corrected chi connectivity index (χ0v) is 22.7. The molecule has 0 aliphatic rings. The predicted octanol–water partition coefficient (Wildman–Crippen LogP) is 3.79. The molecule has 208 valence electrons. The lowest BCUT2D eigenvalue weighted by molar-refractivity contribution is 0.0919. The summed E-state index contributed by atoms with van der Waals surface area (Å²) in [6, 6.07) is 17.6. The number of aryl methyl sites for hydroxylation is 1. The SMILES string of the molecule is CCc1cc(Nc2nccn3c(-c4cn(CC#N)nc4-c4ccccc4)cnc23)ccc1C(=O)NCCOCCN. The molecule has 0 atom stereocenters. The number of nitrogens with one attached hydrogen (secondary N) is 2. The van der Waals surface area contributed by atoms with Crippen molar-refractivity contribution < 1.29 is 9.53 Å². The smallest absolute Gasteiger partial charge is 0.251 e. The summed E-state index contributed by atoms with van der Waals surface area (Å²) in [7, 11) is 0. The van der Waals surface area contributed by atoms with E-state index in [0.717, 1.165) is 33.8 Å². The number of benzene rings is 2. The molecular weight excluding hydrogens is 518 g/mol. The molecule has 0 bridgehead atoms. The Balaban J connectivity index is 1.42. The highest BCUT2D eigenvalue weighted by molar-refractivity contribution is 5.96. The Bertz CT molecular complexity index is 1690. The van der Waals surface area contributed by atoms with Gasteiger partial charge in [-0.05, 0) is 30.2 Å². The first-order valence-corrected chi connectivity index (χ1v) is 13.4. The van der Waals surface area contributed by atoms with E-state index in [0.29, 0.717) is 49.8 Å². The summed E-state index contributed by atoms with van der Waals surface area (Å²) in [6.07, 6.45) is 7.88. The molecule has 3 heterocycles. The summed E-state index contributed by atoms with van der Waals surface area (Å²) in [6.45, 7) is 3.90. The van der Waals surface area contributed by atoms with Crippen LogP contribution in [-0.2, 0) is 17.7 Å². The minimum atomic E-state index is -0.144. The van der Waals surface area contributed by atoms with Gasteiger partial charge in [0.15, 0.2) is 11.5 Å². The number of nitrogens with zero attached hydrogens (tertiary/aromatic N) is 6. The van der Waals surface area contributed by atoms with Gasteiger partial charge in [0.1, 0.15) is 12.2 Å². The average molecular weight is 550 g/mol. The Morgan fingerprint density at radius 3 is 2.78 bits per heavy atom. The van der Waals surface area contributed by atoms with Gasteiger partial charge in [-0.3, -0.25) is 13.9 Å². The van der Waals surface area contributed by atoms with Gasteiger partial charge in [-0.25, -0.2) is 9.97 Å². The molecule has 41 heavy (non-hydrogen) atoms. The molecule has 2 aromatic carbocycles. The minimum absolute atomic E-state index is 0.140. The topological polar surface area (TPSA) is 148 Å². The molecule has 0 aliphatic carbocycles. The van der Waals surface area contributed by atoms with Crippen molar-refractivity contribution in [2.45, 2.75) is 19.9 Å². The maximum absolute atomic E-state index is 12.7. The van der Waals surface area contributed by atoms with Crippen molar-refractivity contribution in [3.8, 4) is 28.6 Å². The highest BCUT2D eigenvalue weighted by Crippen LogP contribution is 2.33. The molecule has 5 aromatic rings. The molecule has 0 aliphatic heterocycles. The van der Waals surface area contributed by atoms with Crippen LogP contribution in [0.2, 0.25) is 0 Å². The second kappa shape index (κ2) is 12.9. The van der Waals surface area contributed by atoms with Crippen LogP contribution in [-0.4, -0.2) is 56.4 Å². The Morgan fingerprint density at radius 1 is 1.15 bits per heavy atom. The summed E-state index contributed by atoms with van der Waals surface area (Å²) in [5, 5.41) is 20.2. The average Bonchev–Trinajstić information content (AvgIpc) is 3.62. The highest BCUT2D eigenvalue weighted by Gasteiger charge is 2.19. The quantitative estimate of drug-likeness (QED) is 0.199. The standard InChI is InChI=1S/C30H31N9O2/c1-2-21-18-23(8-9-24(21)30(40)34-13-17-41-16-11-32)36-28-29-35-19-26(39(29)15-12-33-28)25-20-38(14-10-31)37-27(25)22-6-4-3-5-7-22/h3-9,12,15,18-20H,2,11,13-14,16-17,32H2,1H3,(H,33,36)(H,34,40). The van der Waals surface area contributed by atoms with Gasteiger partial charge in [0.25, 0.3) is 5.91 Å². The fraction of sp³-hybridized carbons (Fsp3) is 0.233. The first-order chi connectivity index (χ1) is 20.1. The number of aromatic nitrogens is 5. The fourth-order valence-corrected chi connectivity index (χ4v) is 4.62. The van der Waals surface area contributed by atoms with E-state index in [-0.39, 0.29) is 12.5 Å². The fourth-order valence-electron chi connectivity index (χ4n) is 4.62. The highest BCUT2D eigenvalue weighted by atomic mass is 16.5. The van der Waals surface area contributed by atoms with Crippen molar-refractivity contribution in [3.63, 3.8) is 0 Å². The van der Waals surface area contributed by atoms with Gasteiger partial charge < -0.3 is 21.1 Å². The van der Waals surface area contributed by atoms with Crippen molar-refractivity contribution in [2.75, 3.05) is 31.6 Å². The van der Waals surface area contributed by atoms with Crippen LogP contribution in [0.4, 0.5) is 11.5 Å². The van der Waals surface area contributed by atoms with Crippen LogP contribution in [0.3, 0.4) is 0 Å². The van der Waals surface area contributed by atoms with E-state index in [1.54, 1.807) is 17.1 Å². The molecule has 1 amide bonds. The molecule has 0 saturated carbocycles. The van der Waals surface area contributed by atoms with Gasteiger partial charge >= 0.3 is 0 Å². The number of fused-ring (bicyclic) bond motifs is 1. The van der Waals surface area contributed by atoms with Crippen LogP contribution in [0.1, 0.15) is 22.8 Å². The van der Waals surface area contributed by atoms with E-state index < -0.39 is 0 Å². The maximum atomic E-state index is 12.7. The van der Waals surface area contributed by atoms with Gasteiger partial charge in [-0.2, -0.15) is 10.4 Å². The molecular formula is C30H31N9O2. The van der Waals surface area contributed by atoms with Gasteiger partial charge in [0, 0.05) is 54.1 Å². The number of ether oxygens (including phenoxy) is 1. The van der Waals surface area contributed by atoms with Crippen LogP contribution < -0.4 is 16.4 Å². The van der Waals surface area contributed by atoms with Crippen LogP contribution in [0, 0.1) is 11.3 Å². The number of carbonyl (C=O) groups excluding carboxylic acids is 1. The lowest BCUT2D eigenvalue weighted by Crippen LogP contribution is -2.28. The molecule has 5 rings (SSSR count). The summed E-state index contributed by atoms with van der Waals surface area (Å²) in [5.41, 5.74) is 11.8. The van der Waals surface area contributed by atoms with Crippen molar-refractivity contribution in [1.82, 2.24) is 29.5 Å². The van der Waals surface area contributed by atoms with Crippen molar-refractivity contribution in [2.24, 2.45) is 5.73 Å². The Hall–Kier alpha value is -5.05. The maximum Gasteiger partial charge on any atom is 0.251 e. The second-order valence-corrected chi connectivity index (χ2v) is 9.23. The van der Waals surface area contributed by atoms with E-state index in [1.807, 2.05) is 72.2 Å². The number of anilines is 2. The van der Waals surface area contributed by atoms with E-state index in [4.69, 9.17) is 10.5 Å². The zero-order valence-electron chi connectivity index (χ0n) is 22.7. The van der Waals surface area contributed by atoms with Crippen LogP contribution in [0.5, 0.6) is 0 Å². The third-order valence-corrected chi connectivity index (χ3v) is 6.53. The van der Waals surface area contributed by atoms with Gasteiger partial charge in [0.2, 0.25) is 0 Å². The first kappa shape index (κ1) is 27.5. The molecule has 3 aromatic heterocycles. The summed E-state index contributed by atoms with van der Waals surface area (Å²) in [5.74, 6) is 0.426. The number of hydrogen-bond acceptors (Lipinski definition) is 8. The zero-order chi connectivity index (χ0) is 28.6. The summed E-state index contributed by atoms with van der Waals surface area (Å²) < 4.78 is 8.92. The summed E-state index contributed by atoms with van der Waals surface area (Å²) in [4.78, 5) is 22.0. The third kappa shape index (κ3) is 6.09. The Morgan fingerprint density at radius 2 is 2.00 bits per heavy atom. The first-order valence-electron chi connectivity index (χ1n) is 13.4. The molecule has 0 saturated heterocycles. The largest absolute Gasteiger partial charge is 0.378 e. The number of imidazole rings is 1. The molecule has 11 heteroatoms. The number of nitrogens with two attached hydrogens (primary N) is 1. The predicted molar refractivity (Wildman–Crippen MR) is 157 cm³/mol. The van der Waals surface area contributed by atoms with Crippen LogP contribution in [0.15, 0.2) is 73.3 Å². The van der Waals surface area contributed by atoms with Gasteiger partial charge in [-0.15, -0.1) is 0 Å². The minimum Gasteiger partial charge on any atom is -0.378 e. The van der Waals surface area contributed by atoms with E-state index in [2.05, 4.69) is 31.8 Å². The van der Waals surface area contributed by atoms with Gasteiger partial charge in [0.05, 0.1) is 31.2 Å². The lowest BCUT2D eigenvalue weighted by Gasteiger charge is -2.13. The van der Waals surface area contributed by atoms with E-state index in [9.17, 15) is 10.1 Å². The molecule has 0 unspecified atom stereocenters. The molecule has 4 N–H and O–H groups in total. The second-order valence-electron chi connectivity index (χ2n) is 9.23. The van der Waals surface area contributed by atoms with Crippen molar-refractivity contribution in [3.05, 3.63) is 84.4 Å². The van der Waals surface area contributed by atoms with E-state index >= 15 is 0 Å². The number of carbonyl (C=O) groups is 1. The summed E-state index contributed by atoms with van der Waals surface area (Å²) >= 11 is 0. The van der Waals surface area contributed by atoms with E-state index in [1.165, 1.54) is 0 Å². The number of hydrogen-bond donors (Lipinski definition) is 3. The monoisotopic (exact) mass is 549 g/mol. The molecule has 0 radical (unpaired) electrons. The van der Waals surface area contributed by atoms with Crippen LogP contribution in [0.25, 0.3) is 28.2 Å². The van der Waals surface area contributed by atoms with Crippen molar-refractivity contribution >= 4 is 23.1 Å². The number of rotatable bonds is 12. The Labute approximate surface area is 237 Å². The lowest BCUT2D eigenvalue weighted by atomic mass is 10.0. The van der Waals surface area contributed by atoms with Crippen LogP contribution >= 0.6 is 0 Å². The third-order valence-electron chi connectivity index (χ3n) is 6.53.